The molecule has 3 aromatic rings. The first-order valence-electron chi connectivity index (χ1n) is 10.6. The van der Waals surface area contributed by atoms with Gasteiger partial charge in [0.25, 0.3) is 5.91 Å². The fourth-order valence-corrected chi connectivity index (χ4v) is 3.68. The number of benzene rings is 3. The minimum Gasteiger partial charge on any atom is -0.496 e. The zero-order chi connectivity index (χ0) is 21.5. The lowest BCUT2D eigenvalue weighted by Gasteiger charge is -2.14. The standard InChI is InChI=1S/C26H27NO4/c1-29-25-14-11-21(26(28)27-17-24-8-5-15-30-24)16-22(25)18-31-23-12-9-20(10-13-23)19-6-3-2-4-7-19/h2-4,6-7,9-14,16,24H,5,8,15,17-18H2,1H3,(H,27,28)/t24-/m0/s1. The van der Waals surface area contributed by atoms with Crippen LogP contribution in [-0.2, 0) is 11.3 Å². The number of carbonyl (C=O) groups is 1. The van der Waals surface area contributed by atoms with Gasteiger partial charge in [0.05, 0.1) is 13.2 Å². The van der Waals surface area contributed by atoms with Gasteiger partial charge in [0.2, 0.25) is 0 Å². The third-order valence-corrected chi connectivity index (χ3v) is 5.41. The molecule has 1 fully saturated rings. The number of rotatable bonds is 8. The molecule has 0 spiro atoms. The van der Waals surface area contributed by atoms with E-state index < -0.39 is 0 Å². The van der Waals surface area contributed by atoms with Crippen LogP contribution in [0.4, 0.5) is 0 Å². The number of ether oxygens (including phenoxy) is 3. The van der Waals surface area contributed by atoms with Gasteiger partial charge in [0.15, 0.2) is 0 Å². The Bertz CT molecular complexity index is 996. The molecule has 0 bridgehead atoms. The summed E-state index contributed by atoms with van der Waals surface area (Å²) in [6, 6.07) is 23.6. The molecule has 31 heavy (non-hydrogen) atoms. The van der Waals surface area contributed by atoms with E-state index in [4.69, 9.17) is 14.2 Å². The lowest BCUT2D eigenvalue weighted by atomic mass is 10.1. The molecule has 1 aliphatic heterocycles. The molecule has 1 aliphatic rings. The van der Waals surface area contributed by atoms with Crippen molar-refractivity contribution in [2.24, 2.45) is 0 Å². The van der Waals surface area contributed by atoms with Crippen LogP contribution >= 0.6 is 0 Å². The van der Waals surface area contributed by atoms with E-state index in [1.165, 1.54) is 0 Å². The molecule has 4 rings (SSSR count). The topological polar surface area (TPSA) is 56.8 Å². The fourth-order valence-electron chi connectivity index (χ4n) is 3.68. The van der Waals surface area contributed by atoms with Crippen molar-refractivity contribution in [2.75, 3.05) is 20.3 Å². The van der Waals surface area contributed by atoms with Crippen LogP contribution in [0.1, 0.15) is 28.8 Å². The van der Waals surface area contributed by atoms with Gasteiger partial charge in [-0.15, -0.1) is 0 Å². The minimum atomic E-state index is -0.119. The quantitative estimate of drug-likeness (QED) is 0.569. The number of methoxy groups -OCH3 is 1. The number of carbonyl (C=O) groups excluding carboxylic acids is 1. The Kier molecular flexibility index (Phi) is 6.85. The highest BCUT2D eigenvalue weighted by Crippen LogP contribution is 2.25. The second kappa shape index (κ2) is 10.1. The van der Waals surface area contributed by atoms with E-state index in [1.54, 1.807) is 19.2 Å². The summed E-state index contributed by atoms with van der Waals surface area (Å²) in [4.78, 5) is 12.6. The van der Waals surface area contributed by atoms with Crippen LogP contribution in [-0.4, -0.2) is 32.3 Å². The fraction of sp³-hybridized carbons (Fsp3) is 0.269. The van der Waals surface area contributed by atoms with Crippen molar-refractivity contribution in [1.29, 1.82) is 0 Å². The molecular weight excluding hydrogens is 390 g/mol. The number of nitrogens with one attached hydrogen (secondary N) is 1. The molecule has 0 aliphatic carbocycles. The van der Waals surface area contributed by atoms with E-state index in [2.05, 4.69) is 17.4 Å². The molecule has 1 atom stereocenters. The largest absolute Gasteiger partial charge is 0.496 e. The molecule has 1 saturated heterocycles. The Morgan fingerprint density at radius 2 is 1.81 bits per heavy atom. The molecule has 1 N–H and O–H groups in total. The maximum absolute atomic E-state index is 12.6. The Balaban J connectivity index is 1.40. The minimum absolute atomic E-state index is 0.115. The molecule has 0 aromatic heterocycles. The first-order valence-corrected chi connectivity index (χ1v) is 10.6. The molecule has 5 heteroatoms. The Morgan fingerprint density at radius 1 is 1.03 bits per heavy atom. The molecule has 5 nitrogen and oxygen atoms in total. The summed E-state index contributed by atoms with van der Waals surface area (Å²) in [5.41, 5.74) is 3.70. The number of hydrogen-bond donors (Lipinski definition) is 1. The van der Waals surface area contributed by atoms with Crippen molar-refractivity contribution in [2.45, 2.75) is 25.6 Å². The van der Waals surface area contributed by atoms with Crippen molar-refractivity contribution in [1.82, 2.24) is 5.32 Å². The van der Waals surface area contributed by atoms with Crippen LogP contribution in [0.5, 0.6) is 11.5 Å². The highest BCUT2D eigenvalue weighted by molar-refractivity contribution is 5.94. The van der Waals surface area contributed by atoms with E-state index >= 15 is 0 Å². The molecule has 1 amide bonds. The van der Waals surface area contributed by atoms with Gasteiger partial charge in [-0.25, -0.2) is 0 Å². The monoisotopic (exact) mass is 417 g/mol. The molecular formula is C26H27NO4. The Labute approximate surface area is 183 Å². The summed E-state index contributed by atoms with van der Waals surface area (Å²) < 4.78 is 17.0. The van der Waals surface area contributed by atoms with Gasteiger partial charge in [-0.05, 0) is 54.3 Å². The van der Waals surface area contributed by atoms with Crippen molar-refractivity contribution in [3.05, 3.63) is 83.9 Å². The predicted octanol–water partition coefficient (Wildman–Crippen LogP) is 4.85. The van der Waals surface area contributed by atoms with Crippen LogP contribution in [0, 0.1) is 0 Å². The number of amides is 1. The lowest BCUT2D eigenvalue weighted by molar-refractivity contribution is 0.0857. The van der Waals surface area contributed by atoms with Crippen LogP contribution < -0.4 is 14.8 Å². The summed E-state index contributed by atoms with van der Waals surface area (Å²) in [5.74, 6) is 1.33. The SMILES string of the molecule is COc1ccc(C(=O)NC[C@@H]2CCCO2)cc1COc1ccc(-c2ccccc2)cc1. The first-order chi connectivity index (χ1) is 15.2. The van der Waals surface area contributed by atoms with Crippen molar-refractivity contribution in [3.8, 4) is 22.6 Å². The second-order valence-electron chi connectivity index (χ2n) is 7.55. The van der Waals surface area contributed by atoms with E-state index in [-0.39, 0.29) is 12.0 Å². The van der Waals surface area contributed by atoms with Crippen molar-refractivity contribution in [3.63, 3.8) is 0 Å². The van der Waals surface area contributed by atoms with Crippen molar-refractivity contribution < 1.29 is 19.0 Å². The number of hydrogen-bond acceptors (Lipinski definition) is 4. The second-order valence-corrected chi connectivity index (χ2v) is 7.55. The van der Waals surface area contributed by atoms with Crippen molar-refractivity contribution >= 4 is 5.91 Å². The summed E-state index contributed by atoms with van der Waals surface area (Å²) in [6.45, 7) is 1.61. The van der Waals surface area contributed by atoms with Gasteiger partial charge in [-0.3, -0.25) is 4.79 Å². The molecule has 3 aromatic carbocycles. The zero-order valence-corrected chi connectivity index (χ0v) is 17.7. The van der Waals surface area contributed by atoms with Gasteiger partial charge in [-0.2, -0.15) is 0 Å². The van der Waals surface area contributed by atoms with Gasteiger partial charge in [-0.1, -0.05) is 42.5 Å². The lowest BCUT2D eigenvalue weighted by Crippen LogP contribution is -2.31. The van der Waals surface area contributed by atoms with Crippen LogP contribution in [0.3, 0.4) is 0 Å². The van der Waals surface area contributed by atoms with Crippen LogP contribution in [0.15, 0.2) is 72.8 Å². The van der Waals surface area contributed by atoms with Gasteiger partial charge in [0.1, 0.15) is 18.1 Å². The highest BCUT2D eigenvalue weighted by Gasteiger charge is 2.17. The van der Waals surface area contributed by atoms with E-state index in [9.17, 15) is 4.79 Å². The van der Waals surface area contributed by atoms with Gasteiger partial charge in [0, 0.05) is 24.3 Å². The summed E-state index contributed by atoms with van der Waals surface area (Å²) in [7, 11) is 1.62. The average Bonchev–Trinajstić information content (AvgIpc) is 3.35. The van der Waals surface area contributed by atoms with Gasteiger partial charge < -0.3 is 19.5 Å². The molecule has 0 unspecified atom stereocenters. The summed E-state index contributed by atoms with van der Waals surface area (Å²) in [5, 5.41) is 2.96. The molecule has 0 saturated carbocycles. The normalized spacial score (nSPS) is 15.5. The first kappa shape index (κ1) is 20.9. The maximum atomic E-state index is 12.6. The smallest absolute Gasteiger partial charge is 0.251 e. The Hall–Kier alpha value is -3.31. The van der Waals surface area contributed by atoms with Gasteiger partial charge >= 0.3 is 0 Å². The Morgan fingerprint density at radius 3 is 2.52 bits per heavy atom. The highest BCUT2D eigenvalue weighted by atomic mass is 16.5. The van der Waals surface area contributed by atoms with Crippen LogP contribution in [0.2, 0.25) is 0 Å². The third kappa shape index (κ3) is 5.44. The third-order valence-electron chi connectivity index (χ3n) is 5.41. The summed E-state index contributed by atoms with van der Waals surface area (Å²) >= 11 is 0. The molecule has 1 heterocycles. The van der Waals surface area contributed by atoms with E-state index in [1.807, 2.05) is 48.5 Å². The predicted molar refractivity (Wildman–Crippen MR) is 121 cm³/mol. The van der Waals surface area contributed by atoms with Crippen LogP contribution in [0.25, 0.3) is 11.1 Å². The summed E-state index contributed by atoms with van der Waals surface area (Å²) in [6.07, 6.45) is 2.16. The molecule has 160 valence electrons. The molecule has 0 radical (unpaired) electrons. The van der Waals surface area contributed by atoms with E-state index in [0.717, 1.165) is 41.9 Å². The zero-order valence-electron chi connectivity index (χ0n) is 17.7. The van der Waals surface area contributed by atoms with E-state index in [0.29, 0.717) is 24.5 Å². The average molecular weight is 418 g/mol. The maximum Gasteiger partial charge on any atom is 0.251 e.